The molecule has 0 radical (unpaired) electrons. The maximum absolute atomic E-state index is 11.9. The molecule has 1 aliphatic heterocycles. The molecule has 1 heterocycles. The number of amides is 2. The lowest BCUT2D eigenvalue weighted by Crippen LogP contribution is -2.32. The molecular formula is C15H9N3O4. The zero-order chi connectivity index (χ0) is 16.1. The summed E-state index contributed by atoms with van der Waals surface area (Å²) in [6.07, 6.45) is 1.34. The van der Waals surface area contributed by atoms with Crippen molar-refractivity contribution in [2.24, 2.45) is 0 Å². The number of nitrogens with zero attached hydrogens (tertiary/aromatic N) is 3. The number of carbonyl (C=O) groups is 3. The number of nitriles is 2. The summed E-state index contributed by atoms with van der Waals surface area (Å²) in [6, 6.07) is 9.36. The topological polar surface area (TPSA) is 111 Å². The number of hydroxylamine groups is 2. The molecule has 2 rings (SSSR count). The highest BCUT2D eigenvalue weighted by Gasteiger charge is 2.33. The lowest BCUT2D eigenvalue weighted by molar-refractivity contribution is -0.172. The van der Waals surface area contributed by atoms with E-state index in [4.69, 9.17) is 15.4 Å². The first-order chi connectivity index (χ1) is 10.5. The molecule has 0 aliphatic carbocycles. The van der Waals surface area contributed by atoms with Crippen molar-refractivity contribution in [2.45, 2.75) is 12.8 Å². The molecule has 0 unspecified atom stereocenters. The van der Waals surface area contributed by atoms with E-state index < -0.39 is 17.8 Å². The van der Waals surface area contributed by atoms with Gasteiger partial charge in [0.25, 0.3) is 11.8 Å². The van der Waals surface area contributed by atoms with Gasteiger partial charge in [-0.25, -0.2) is 4.79 Å². The molecule has 0 saturated carbocycles. The summed E-state index contributed by atoms with van der Waals surface area (Å²) in [6.45, 7) is 0. The van der Waals surface area contributed by atoms with E-state index in [1.807, 2.05) is 0 Å². The van der Waals surface area contributed by atoms with Gasteiger partial charge in [0.1, 0.15) is 17.7 Å². The molecule has 7 nitrogen and oxygen atoms in total. The highest BCUT2D eigenvalue weighted by molar-refractivity contribution is 6.02. The van der Waals surface area contributed by atoms with E-state index in [2.05, 4.69) is 0 Å². The van der Waals surface area contributed by atoms with Crippen molar-refractivity contribution in [1.29, 1.82) is 10.5 Å². The van der Waals surface area contributed by atoms with Crippen molar-refractivity contribution in [3.63, 3.8) is 0 Å². The Bertz CT molecular complexity index is 736. The minimum atomic E-state index is -0.866. The van der Waals surface area contributed by atoms with Crippen LogP contribution in [0.25, 0.3) is 6.08 Å². The summed E-state index contributed by atoms with van der Waals surface area (Å²) in [5.74, 6) is -1.99. The maximum atomic E-state index is 11.9. The second kappa shape index (κ2) is 6.33. The summed E-state index contributed by atoms with van der Waals surface area (Å²) in [7, 11) is 0. The van der Waals surface area contributed by atoms with Crippen molar-refractivity contribution in [3.05, 3.63) is 41.0 Å². The van der Waals surface area contributed by atoms with E-state index in [0.29, 0.717) is 10.6 Å². The van der Waals surface area contributed by atoms with Crippen LogP contribution in [0.3, 0.4) is 0 Å². The number of imide groups is 1. The van der Waals surface area contributed by atoms with Crippen LogP contribution >= 0.6 is 0 Å². The van der Waals surface area contributed by atoms with Crippen molar-refractivity contribution in [3.8, 4) is 12.1 Å². The van der Waals surface area contributed by atoms with Crippen LogP contribution in [-0.2, 0) is 14.4 Å². The van der Waals surface area contributed by atoms with E-state index in [-0.39, 0.29) is 24.0 Å². The Hall–Kier alpha value is -3.45. The predicted molar refractivity (Wildman–Crippen MR) is 72.1 cm³/mol. The predicted octanol–water partition coefficient (Wildman–Crippen LogP) is 1.34. The van der Waals surface area contributed by atoms with Gasteiger partial charge in [0.05, 0.1) is 5.56 Å². The molecule has 108 valence electrons. The average molecular weight is 295 g/mol. The minimum Gasteiger partial charge on any atom is -0.325 e. The van der Waals surface area contributed by atoms with Crippen LogP contribution in [0.2, 0.25) is 0 Å². The van der Waals surface area contributed by atoms with Gasteiger partial charge in [0.2, 0.25) is 0 Å². The van der Waals surface area contributed by atoms with Gasteiger partial charge < -0.3 is 4.84 Å². The molecule has 1 aliphatic rings. The fourth-order valence-corrected chi connectivity index (χ4v) is 1.81. The van der Waals surface area contributed by atoms with E-state index in [1.54, 1.807) is 18.2 Å². The minimum absolute atomic E-state index is 0.0165. The van der Waals surface area contributed by atoms with Crippen LogP contribution in [0, 0.1) is 22.7 Å². The first-order valence-corrected chi connectivity index (χ1v) is 6.25. The van der Waals surface area contributed by atoms with E-state index in [1.165, 1.54) is 24.3 Å². The molecule has 1 aromatic carbocycles. The number of carbonyl (C=O) groups excluding carboxylic acids is 3. The summed E-state index contributed by atoms with van der Waals surface area (Å²) >= 11 is 0. The third-order valence-corrected chi connectivity index (χ3v) is 2.85. The van der Waals surface area contributed by atoms with Gasteiger partial charge in [-0.15, -0.1) is 5.06 Å². The van der Waals surface area contributed by atoms with Gasteiger partial charge in [-0.3, -0.25) is 9.59 Å². The third kappa shape index (κ3) is 3.17. The first kappa shape index (κ1) is 14.9. The third-order valence-electron chi connectivity index (χ3n) is 2.85. The van der Waals surface area contributed by atoms with E-state index >= 15 is 0 Å². The van der Waals surface area contributed by atoms with Crippen LogP contribution in [0.15, 0.2) is 29.8 Å². The Kier molecular flexibility index (Phi) is 4.30. The highest BCUT2D eigenvalue weighted by Crippen LogP contribution is 2.15. The molecule has 1 fully saturated rings. The van der Waals surface area contributed by atoms with Crippen LogP contribution in [0.5, 0.6) is 0 Å². The van der Waals surface area contributed by atoms with Crippen molar-refractivity contribution < 1.29 is 19.2 Å². The zero-order valence-electron chi connectivity index (χ0n) is 11.3. The van der Waals surface area contributed by atoms with Gasteiger partial charge >= 0.3 is 5.97 Å². The standard InChI is InChI=1S/C15H9N3O4/c16-8-11(9-17)6-10-2-1-3-12(7-10)15(21)22-18-13(19)4-5-14(18)20/h1-3,6-7H,4-5H2. The van der Waals surface area contributed by atoms with Gasteiger partial charge in [0, 0.05) is 12.8 Å². The lowest BCUT2D eigenvalue weighted by Gasteiger charge is -2.12. The molecule has 2 amide bonds. The fourth-order valence-electron chi connectivity index (χ4n) is 1.81. The molecule has 0 N–H and O–H groups in total. The van der Waals surface area contributed by atoms with Crippen molar-refractivity contribution in [2.75, 3.05) is 0 Å². The fraction of sp³-hybridized carbons (Fsp3) is 0.133. The SMILES string of the molecule is N#CC(C#N)=Cc1cccc(C(=O)ON2C(=O)CCC2=O)c1. The summed E-state index contributed by atoms with van der Waals surface area (Å²) < 4.78 is 0. The Morgan fingerprint density at radius 1 is 1.18 bits per heavy atom. The molecular weight excluding hydrogens is 286 g/mol. The molecule has 0 aromatic heterocycles. The van der Waals surface area contributed by atoms with Crippen LogP contribution in [-0.4, -0.2) is 22.8 Å². The maximum Gasteiger partial charge on any atom is 0.363 e. The second-order valence-electron chi connectivity index (χ2n) is 4.37. The normalized spacial score (nSPS) is 13.3. The molecule has 0 spiro atoms. The summed E-state index contributed by atoms with van der Waals surface area (Å²) in [4.78, 5) is 39.5. The second-order valence-corrected chi connectivity index (χ2v) is 4.37. The number of allylic oxidation sites excluding steroid dienone is 1. The Morgan fingerprint density at radius 2 is 1.82 bits per heavy atom. The lowest BCUT2D eigenvalue weighted by atomic mass is 10.1. The molecule has 0 atom stereocenters. The van der Waals surface area contributed by atoms with Gasteiger partial charge in [-0.05, 0) is 23.8 Å². The Balaban J connectivity index is 2.20. The van der Waals surface area contributed by atoms with E-state index in [9.17, 15) is 14.4 Å². The van der Waals surface area contributed by atoms with Gasteiger partial charge in [0.15, 0.2) is 0 Å². The molecule has 22 heavy (non-hydrogen) atoms. The quantitative estimate of drug-likeness (QED) is 0.614. The molecule has 7 heteroatoms. The Labute approximate surface area is 125 Å². The van der Waals surface area contributed by atoms with Gasteiger partial charge in [-0.1, -0.05) is 12.1 Å². The number of hydrogen-bond donors (Lipinski definition) is 0. The number of hydrogen-bond acceptors (Lipinski definition) is 6. The first-order valence-electron chi connectivity index (χ1n) is 6.25. The smallest absolute Gasteiger partial charge is 0.325 e. The van der Waals surface area contributed by atoms with Crippen molar-refractivity contribution >= 4 is 23.9 Å². The highest BCUT2D eigenvalue weighted by atomic mass is 16.7. The van der Waals surface area contributed by atoms with E-state index in [0.717, 1.165) is 0 Å². The summed E-state index contributed by atoms with van der Waals surface area (Å²) in [5, 5.41) is 17.9. The van der Waals surface area contributed by atoms with Gasteiger partial charge in [-0.2, -0.15) is 10.5 Å². The molecule has 1 aromatic rings. The van der Waals surface area contributed by atoms with Crippen LogP contribution < -0.4 is 0 Å². The van der Waals surface area contributed by atoms with Crippen LogP contribution in [0.4, 0.5) is 0 Å². The number of benzene rings is 1. The largest absolute Gasteiger partial charge is 0.363 e. The van der Waals surface area contributed by atoms with Crippen molar-refractivity contribution in [1.82, 2.24) is 5.06 Å². The van der Waals surface area contributed by atoms with Crippen LogP contribution in [0.1, 0.15) is 28.8 Å². The Morgan fingerprint density at radius 3 is 2.41 bits per heavy atom. The monoisotopic (exact) mass is 295 g/mol. The average Bonchev–Trinajstić information content (AvgIpc) is 2.84. The molecule has 0 bridgehead atoms. The summed E-state index contributed by atoms with van der Waals surface area (Å²) in [5.41, 5.74) is 0.429. The number of rotatable bonds is 3. The molecule has 1 saturated heterocycles. The zero-order valence-corrected chi connectivity index (χ0v) is 11.3.